The van der Waals surface area contributed by atoms with Crippen molar-refractivity contribution in [1.82, 2.24) is 5.32 Å². The lowest BCUT2D eigenvalue weighted by molar-refractivity contribution is 0.0308. The van der Waals surface area contributed by atoms with Crippen molar-refractivity contribution in [1.29, 1.82) is 0 Å². The van der Waals surface area contributed by atoms with Gasteiger partial charge in [-0.1, -0.05) is 12.1 Å². The molecule has 1 heterocycles. The van der Waals surface area contributed by atoms with Gasteiger partial charge in [-0.25, -0.2) is 0 Å². The maximum Gasteiger partial charge on any atom is 0.118 e. The van der Waals surface area contributed by atoms with Crippen LogP contribution in [0.5, 0.6) is 5.75 Å². The van der Waals surface area contributed by atoms with Gasteiger partial charge < -0.3 is 19.5 Å². The SMILES string of the molecule is CNC(COC1CCOC1)c1ccc(OC)cc1. The molecule has 0 radical (unpaired) electrons. The van der Waals surface area contributed by atoms with Crippen LogP contribution in [0, 0.1) is 0 Å². The van der Waals surface area contributed by atoms with Crippen molar-refractivity contribution in [2.45, 2.75) is 18.6 Å². The van der Waals surface area contributed by atoms with Crippen molar-refractivity contribution in [2.24, 2.45) is 0 Å². The summed E-state index contributed by atoms with van der Waals surface area (Å²) < 4.78 is 16.3. The van der Waals surface area contributed by atoms with Crippen LogP contribution in [-0.4, -0.2) is 40.1 Å². The zero-order chi connectivity index (χ0) is 12.8. The molecule has 4 heteroatoms. The van der Waals surface area contributed by atoms with E-state index in [2.05, 4.69) is 17.4 Å². The summed E-state index contributed by atoms with van der Waals surface area (Å²) >= 11 is 0. The Morgan fingerprint density at radius 2 is 2.17 bits per heavy atom. The van der Waals surface area contributed by atoms with Gasteiger partial charge in [-0.15, -0.1) is 0 Å². The first-order valence-electron chi connectivity index (χ1n) is 6.34. The summed E-state index contributed by atoms with van der Waals surface area (Å²) in [6.45, 7) is 2.20. The molecule has 4 nitrogen and oxygen atoms in total. The summed E-state index contributed by atoms with van der Waals surface area (Å²) in [5, 5.41) is 3.27. The van der Waals surface area contributed by atoms with Crippen LogP contribution in [0.2, 0.25) is 0 Å². The van der Waals surface area contributed by atoms with Crippen molar-refractivity contribution >= 4 is 0 Å². The molecule has 1 aromatic carbocycles. The maximum absolute atomic E-state index is 5.85. The lowest BCUT2D eigenvalue weighted by atomic mass is 10.1. The van der Waals surface area contributed by atoms with Crippen LogP contribution in [0.4, 0.5) is 0 Å². The van der Waals surface area contributed by atoms with Crippen LogP contribution in [0.1, 0.15) is 18.0 Å². The predicted octanol–water partition coefficient (Wildman–Crippen LogP) is 1.76. The predicted molar refractivity (Wildman–Crippen MR) is 70.0 cm³/mol. The van der Waals surface area contributed by atoms with E-state index in [1.165, 1.54) is 5.56 Å². The molecular weight excluding hydrogens is 230 g/mol. The average molecular weight is 251 g/mol. The van der Waals surface area contributed by atoms with Gasteiger partial charge in [-0.2, -0.15) is 0 Å². The summed E-state index contributed by atoms with van der Waals surface area (Å²) in [6, 6.07) is 8.27. The molecule has 0 amide bonds. The van der Waals surface area contributed by atoms with Crippen molar-refractivity contribution < 1.29 is 14.2 Å². The third-order valence-electron chi connectivity index (χ3n) is 3.25. The van der Waals surface area contributed by atoms with Crippen molar-refractivity contribution in [3.05, 3.63) is 29.8 Å². The molecular formula is C14H21NO3. The summed E-state index contributed by atoms with van der Waals surface area (Å²) in [5.41, 5.74) is 1.21. The van der Waals surface area contributed by atoms with E-state index in [-0.39, 0.29) is 12.1 Å². The normalized spacial score (nSPS) is 20.9. The van der Waals surface area contributed by atoms with E-state index in [0.717, 1.165) is 25.4 Å². The smallest absolute Gasteiger partial charge is 0.118 e. The summed E-state index contributed by atoms with van der Waals surface area (Å²) in [7, 11) is 3.62. The fourth-order valence-corrected chi connectivity index (χ4v) is 2.06. The van der Waals surface area contributed by atoms with E-state index in [1.54, 1.807) is 7.11 Å². The van der Waals surface area contributed by atoms with Gasteiger partial charge in [0, 0.05) is 6.61 Å². The number of ether oxygens (including phenoxy) is 3. The van der Waals surface area contributed by atoms with Gasteiger partial charge in [0.15, 0.2) is 0 Å². The summed E-state index contributed by atoms with van der Waals surface area (Å²) in [6.07, 6.45) is 1.25. The molecule has 2 rings (SSSR count). The van der Waals surface area contributed by atoms with E-state index < -0.39 is 0 Å². The van der Waals surface area contributed by atoms with E-state index in [1.807, 2.05) is 19.2 Å². The molecule has 2 atom stereocenters. The lowest BCUT2D eigenvalue weighted by Crippen LogP contribution is -2.25. The number of likely N-dealkylation sites (N-methyl/N-ethyl adjacent to an activating group) is 1. The number of hydrogen-bond donors (Lipinski definition) is 1. The van der Waals surface area contributed by atoms with Gasteiger partial charge in [0.25, 0.3) is 0 Å². The van der Waals surface area contributed by atoms with Gasteiger partial charge in [0.1, 0.15) is 5.75 Å². The van der Waals surface area contributed by atoms with Crippen molar-refractivity contribution in [3.8, 4) is 5.75 Å². The summed E-state index contributed by atoms with van der Waals surface area (Å²) in [5.74, 6) is 0.874. The molecule has 0 bridgehead atoms. The first-order chi connectivity index (χ1) is 8.83. The molecule has 1 aromatic rings. The van der Waals surface area contributed by atoms with Gasteiger partial charge >= 0.3 is 0 Å². The Bertz CT molecular complexity index is 347. The monoisotopic (exact) mass is 251 g/mol. The Hall–Kier alpha value is -1.10. The second-order valence-corrected chi connectivity index (χ2v) is 4.43. The van der Waals surface area contributed by atoms with Gasteiger partial charge in [-0.05, 0) is 31.2 Å². The molecule has 1 N–H and O–H groups in total. The van der Waals surface area contributed by atoms with Crippen LogP contribution < -0.4 is 10.1 Å². The zero-order valence-electron chi connectivity index (χ0n) is 11.0. The van der Waals surface area contributed by atoms with E-state index in [9.17, 15) is 0 Å². The largest absolute Gasteiger partial charge is 0.497 e. The van der Waals surface area contributed by atoms with Crippen LogP contribution in [0.15, 0.2) is 24.3 Å². The highest BCUT2D eigenvalue weighted by molar-refractivity contribution is 5.29. The molecule has 0 spiro atoms. The Morgan fingerprint density at radius 1 is 1.39 bits per heavy atom. The number of nitrogens with one attached hydrogen (secondary N) is 1. The Morgan fingerprint density at radius 3 is 2.72 bits per heavy atom. The first kappa shape index (κ1) is 13.3. The molecule has 100 valence electrons. The third kappa shape index (κ3) is 3.45. The fourth-order valence-electron chi connectivity index (χ4n) is 2.06. The van der Waals surface area contributed by atoms with Crippen LogP contribution in [0.25, 0.3) is 0 Å². The standard InChI is InChI=1S/C14H21NO3/c1-15-14(10-18-13-7-8-17-9-13)11-3-5-12(16-2)6-4-11/h3-6,13-15H,7-10H2,1-2H3. The quantitative estimate of drug-likeness (QED) is 0.836. The minimum absolute atomic E-state index is 0.205. The molecule has 0 saturated carbocycles. The highest BCUT2D eigenvalue weighted by Crippen LogP contribution is 2.19. The summed E-state index contributed by atoms with van der Waals surface area (Å²) in [4.78, 5) is 0. The molecule has 1 aliphatic rings. The molecule has 1 fully saturated rings. The Kier molecular flexibility index (Phi) is 4.99. The van der Waals surface area contributed by atoms with Crippen molar-refractivity contribution in [3.63, 3.8) is 0 Å². The molecule has 0 aromatic heterocycles. The number of benzene rings is 1. The van der Waals surface area contributed by atoms with E-state index in [4.69, 9.17) is 14.2 Å². The van der Waals surface area contributed by atoms with Gasteiger partial charge in [0.05, 0.1) is 32.5 Å². The van der Waals surface area contributed by atoms with Crippen LogP contribution >= 0.6 is 0 Å². The Labute approximate surface area is 108 Å². The van der Waals surface area contributed by atoms with Crippen LogP contribution in [-0.2, 0) is 9.47 Å². The van der Waals surface area contributed by atoms with Crippen LogP contribution in [0.3, 0.4) is 0 Å². The number of hydrogen-bond acceptors (Lipinski definition) is 4. The molecule has 1 saturated heterocycles. The maximum atomic E-state index is 5.85. The molecule has 0 aliphatic carbocycles. The number of methoxy groups -OCH3 is 1. The lowest BCUT2D eigenvalue weighted by Gasteiger charge is -2.19. The average Bonchev–Trinajstić information content (AvgIpc) is 2.93. The highest BCUT2D eigenvalue weighted by Gasteiger charge is 2.18. The minimum atomic E-state index is 0.205. The Balaban J connectivity index is 1.89. The zero-order valence-corrected chi connectivity index (χ0v) is 11.0. The molecule has 2 unspecified atom stereocenters. The minimum Gasteiger partial charge on any atom is -0.497 e. The molecule has 1 aliphatic heterocycles. The third-order valence-corrected chi connectivity index (χ3v) is 3.25. The highest BCUT2D eigenvalue weighted by atomic mass is 16.5. The number of rotatable bonds is 6. The van der Waals surface area contributed by atoms with Gasteiger partial charge in [-0.3, -0.25) is 0 Å². The second-order valence-electron chi connectivity index (χ2n) is 4.43. The van der Waals surface area contributed by atoms with E-state index >= 15 is 0 Å². The fraction of sp³-hybridized carbons (Fsp3) is 0.571. The van der Waals surface area contributed by atoms with Crippen molar-refractivity contribution in [2.75, 3.05) is 34.0 Å². The second kappa shape index (κ2) is 6.73. The molecule has 18 heavy (non-hydrogen) atoms. The topological polar surface area (TPSA) is 39.7 Å². The first-order valence-corrected chi connectivity index (χ1v) is 6.34. The van der Waals surface area contributed by atoms with Gasteiger partial charge in [0.2, 0.25) is 0 Å². The van der Waals surface area contributed by atoms with E-state index in [0.29, 0.717) is 6.61 Å².